The molecule has 3 nitrogen and oxygen atoms in total. The third-order valence-corrected chi connectivity index (χ3v) is 2.61. The summed E-state index contributed by atoms with van der Waals surface area (Å²) < 4.78 is 49.6. The highest BCUT2D eigenvalue weighted by Crippen LogP contribution is 2.35. The van der Waals surface area contributed by atoms with Crippen molar-refractivity contribution in [3.8, 4) is 0 Å². The standard InChI is InChI=1S/C11H7F4NO2/c12-3-4-16-8-2-1-6(11(13,14)15)5-7(8)9(17)10(16)18/h1-2,5H,3-4H2. The molecule has 0 aliphatic carbocycles. The fraction of sp³-hybridized carbons (Fsp3) is 0.273. The van der Waals surface area contributed by atoms with Gasteiger partial charge in [-0.1, -0.05) is 0 Å². The first-order valence-electron chi connectivity index (χ1n) is 4.99. The maximum Gasteiger partial charge on any atom is 0.416 e. The Morgan fingerprint density at radius 2 is 1.83 bits per heavy atom. The number of carbonyl (C=O) groups excluding carboxylic acids is 2. The van der Waals surface area contributed by atoms with Crippen LogP contribution in [0.5, 0.6) is 0 Å². The van der Waals surface area contributed by atoms with Crippen molar-refractivity contribution < 1.29 is 27.2 Å². The van der Waals surface area contributed by atoms with Crippen LogP contribution >= 0.6 is 0 Å². The average Bonchev–Trinajstić information content (AvgIpc) is 2.54. The molecule has 1 heterocycles. The van der Waals surface area contributed by atoms with E-state index in [1.807, 2.05) is 0 Å². The van der Waals surface area contributed by atoms with Crippen LogP contribution in [0.15, 0.2) is 18.2 Å². The van der Waals surface area contributed by atoms with Crippen molar-refractivity contribution in [1.29, 1.82) is 0 Å². The molecule has 0 unspecified atom stereocenters. The Labute approximate surface area is 99.0 Å². The molecular formula is C11H7F4NO2. The fourth-order valence-corrected chi connectivity index (χ4v) is 1.78. The molecule has 2 rings (SSSR count). The van der Waals surface area contributed by atoms with Crippen LogP contribution in [-0.2, 0) is 11.0 Å². The van der Waals surface area contributed by atoms with Gasteiger partial charge in [-0.15, -0.1) is 0 Å². The van der Waals surface area contributed by atoms with Gasteiger partial charge in [-0.25, -0.2) is 4.39 Å². The van der Waals surface area contributed by atoms with E-state index in [9.17, 15) is 27.2 Å². The van der Waals surface area contributed by atoms with Gasteiger partial charge in [0.1, 0.15) is 6.67 Å². The van der Waals surface area contributed by atoms with Gasteiger partial charge in [0, 0.05) is 0 Å². The Kier molecular flexibility index (Phi) is 2.84. The van der Waals surface area contributed by atoms with E-state index in [1.54, 1.807) is 0 Å². The third kappa shape index (κ3) is 1.85. The minimum atomic E-state index is -4.59. The molecule has 0 saturated carbocycles. The minimum Gasteiger partial charge on any atom is -0.302 e. The highest BCUT2D eigenvalue weighted by Gasteiger charge is 2.39. The lowest BCUT2D eigenvalue weighted by Gasteiger charge is -2.14. The molecule has 7 heteroatoms. The molecule has 96 valence electrons. The first-order valence-corrected chi connectivity index (χ1v) is 4.99. The second-order valence-electron chi connectivity index (χ2n) is 3.70. The van der Waals surface area contributed by atoms with E-state index < -0.39 is 30.1 Å². The Morgan fingerprint density at radius 1 is 1.17 bits per heavy atom. The molecule has 0 atom stereocenters. The van der Waals surface area contributed by atoms with Crippen molar-refractivity contribution in [3.05, 3.63) is 29.3 Å². The van der Waals surface area contributed by atoms with E-state index in [4.69, 9.17) is 0 Å². The average molecular weight is 261 g/mol. The van der Waals surface area contributed by atoms with E-state index in [-0.39, 0.29) is 17.8 Å². The summed E-state index contributed by atoms with van der Waals surface area (Å²) in [5.41, 5.74) is -1.32. The normalized spacial score (nSPS) is 15.2. The molecule has 1 aromatic rings. The molecular weight excluding hydrogens is 254 g/mol. The van der Waals surface area contributed by atoms with Crippen LogP contribution in [0.1, 0.15) is 15.9 Å². The number of carbonyl (C=O) groups is 2. The van der Waals surface area contributed by atoms with Crippen LogP contribution in [0.4, 0.5) is 23.2 Å². The monoisotopic (exact) mass is 261 g/mol. The van der Waals surface area contributed by atoms with Crippen molar-refractivity contribution >= 4 is 17.4 Å². The van der Waals surface area contributed by atoms with E-state index in [0.717, 1.165) is 17.0 Å². The molecule has 0 N–H and O–H groups in total. The number of fused-ring (bicyclic) bond motifs is 1. The molecule has 0 saturated heterocycles. The first-order chi connectivity index (χ1) is 8.36. The van der Waals surface area contributed by atoms with Gasteiger partial charge < -0.3 is 4.90 Å². The summed E-state index contributed by atoms with van der Waals surface area (Å²) in [6.07, 6.45) is -4.59. The molecule has 1 amide bonds. The van der Waals surface area contributed by atoms with Gasteiger partial charge >= 0.3 is 6.18 Å². The van der Waals surface area contributed by atoms with Gasteiger partial charge in [0.2, 0.25) is 0 Å². The number of nitrogens with zero attached hydrogens (tertiary/aromatic N) is 1. The van der Waals surface area contributed by atoms with E-state index in [0.29, 0.717) is 6.07 Å². The van der Waals surface area contributed by atoms with Gasteiger partial charge in [0.15, 0.2) is 0 Å². The van der Waals surface area contributed by atoms with Crippen molar-refractivity contribution in [2.45, 2.75) is 6.18 Å². The number of hydrogen-bond donors (Lipinski definition) is 0. The summed E-state index contributed by atoms with van der Waals surface area (Å²) in [5.74, 6) is -2.04. The molecule has 0 bridgehead atoms. The van der Waals surface area contributed by atoms with E-state index in [2.05, 4.69) is 0 Å². The lowest BCUT2D eigenvalue weighted by Crippen LogP contribution is -2.31. The predicted octanol–water partition coefficient (Wildman–Crippen LogP) is 2.20. The van der Waals surface area contributed by atoms with Crippen LogP contribution in [0.3, 0.4) is 0 Å². The largest absolute Gasteiger partial charge is 0.416 e. The first kappa shape index (κ1) is 12.5. The van der Waals surface area contributed by atoms with Gasteiger partial charge in [-0.2, -0.15) is 13.2 Å². The summed E-state index contributed by atoms with van der Waals surface area (Å²) in [4.78, 5) is 23.8. The van der Waals surface area contributed by atoms with E-state index in [1.165, 1.54) is 0 Å². The lowest BCUT2D eigenvalue weighted by atomic mass is 10.1. The predicted molar refractivity (Wildman–Crippen MR) is 54.1 cm³/mol. The highest BCUT2D eigenvalue weighted by atomic mass is 19.4. The van der Waals surface area contributed by atoms with Gasteiger partial charge in [0.25, 0.3) is 11.7 Å². The summed E-state index contributed by atoms with van der Waals surface area (Å²) in [6, 6.07) is 2.39. The van der Waals surface area contributed by atoms with Crippen molar-refractivity contribution in [3.63, 3.8) is 0 Å². The van der Waals surface area contributed by atoms with Gasteiger partial charge in [-0.3, -0.25) is 9.59 Å². The Morgan fingerprint density at radius 3 is 2.39 bits per heavy atom. The Hall–Kier alpha value is -1.92. The third-order valence-electron chi connectivity index (χ3n) is 2.61. The molecule has 1 aliphatic rings. The Bertz CT molecular complexity index is 524. The van der Waals surface area contributed by atoms with E-state index >= 15 is 0 Å². The molecule has 18 heavy (non-hydrogen) atoms. The zero-order valence-corrected chi connectivity index (χ0v) is 8.92. The van der Waals surface area contributed by atoms with Crippen molar-refractivity contribution in [1.82, 2.24) is 0 Å². The zero-order chi connectivity index (χ0) is 13.5. The number of ketones is 1. The number of Topliss-reactive ketones (excluding diaryl/α,β-unsaturated/α-hetero) is 1. The topological polar surface area (TPSA) is 37.4 Å². The highest BCUT2D eigenvalue weighted by molar-refractivity contribution is 6.52. The number of amides is 1. The molecule has 0 aromatic heterocycles. The number of anilines is 1. The summed E-state index contributed by atoms with van der Waals surface area (Å²) >= 11 is 0. The molecule has 0 radical (unpaired) electrons. The SMILES string of the molecule is O=C1C(=O)N(CCF)c2ccc(C(F)(F)F)cc21. The van der Waals surface area contributed by atoms with Crippen LogP contribution < -0.4 is 4.90 Å². The lowest BCUT2D eigenvalue weighted by molar-refractivity contribution is -0.137. The van der Waals surface area contributed by atoms with Gasteiger partial charge in [-0.05, 0) is 18.2 Å². The number of hydrogen-bond acceptors (Lipinski definition) is 2. The smallest absolute Gasteiger partial charge is 0.302 e. The maximum atomic E-state index is 12.5. The van der Waals surface area contributed by atoms with Crippen molar-refractivity contribution in [2.75, 3.05) is 18.1 Å². The number of halogens is 4. The Balaban J connectivity index is 2.50. The van der Waals surface area contributed by atoms with Crippen LogP contribution in [-0.4, -0.2) is 24.9 Å². The maximum absolute atomic E-state index is 12.5. The summed E-state index contributed by atoms with van der Waals surface area (Å²) in [6.45, 7) is -1.22. The second kappa shape index (κ2) is 4.08. The van der Waals surface area contributed by atoms with Crippen LogP contribution in [0, 0.1) is 0 Å². The zero-order valence-electron chi connectivity index (χ0n) is 8.92. The molecule has 0 fully saturated rings. The quantitative estimate of drug-likeness (QED) is 0.604. The molecule has 1 aliphatic heterocycles. The molecule has 0 spiro atoms. The van der Waals surface area contributed by atoms with Crippen molar-refractivity contribution in [2.24, 2.45) is 0 Å². The van der Waals surface area contributed by atoms with Crippen LogP contribution in [0.25, 0.3) is 0 Å². The number of alkyl halides is 4. The number of rotatable bonds is 2. The number of benzene rings is 1. The summed E-state index contributed by atoms with van der Waals surface area (Å²) in [5, 5.41) is 0. The van der Waals surface area contributed by atoms with Gasteiger partial charge in [0.05, 0.1) is 23.4 Å². The summed E-state index contributed by atoms with van der Waals surface area (Å²) in [7, 11) is 0. The molecule has 1 aromatic carbocycles. The minimum absolute atomic E-state index is 0.0237. The van der Waals surface area contributed by atoms with Crippen LogP contribution in [0.2, 0.25) is 0 Å². The fourth-order valence-electron chi connectivity index (χ4n) is 1.78. The second-order valence-corrected chi connectivity index (χ2v) is 3.70.